The topological polar surface area (TPSA) is 59.8 Å². The number of aromatic nitrogens is 3. The van der Waals surface area contributed by atoms with Gasteiger partial charge in [0.1, 0.15) is 5.82 Å². The highest BCUT2D eigenvalue weighted by Gasteiger charge is 2.13. The zero-order valence-corrected chi connectivity index (χ0v) is 12.9. The Hall–Kier alpha value is -1.82. The van der Waals surface area contributed by atoms with E-state index in [9.17, 15) is 4.79 Å². The van der Waals surface area contributed by atoms with E-state index in [1.807, 2.05) is 45.9 Å². The smallest absolute Gasteiger partial charge is 0.267 e. The van der Waals surface area contributed by atoms with E-state index in [1.54, 1.807) is 16.4 Å². The molecule has 2 aromatic rings. The van der Waals surface area contributed by atoms with Crippen LogP contribution >= 0.6 is 11.8 Å². The molecule has 2 rings (SSSR count). The van der Waals surface area contributed by atoms with Crippen LogP contribution in [0.25, 0.3) is 0 Å². The van der Waals surface area contributed by atoms with Crippen molar-refractivity contribution in [1.29, 1.82) is 0 Å². The number of hydrogen-bond donors (Lipinski definition) is 1. The molecule has 5 nitrogen and oxygen atoms in total. The second-order valence-electron chi connectivity index (χ2n) is 4.54. The number of carbonyl (C=O) groups is 1. The summed E-state index contributed by atoms with van der Waals surface area (Å²) in [5.74, 6) is 1.38. The van der Waals surface area contributed by atoms with Crippen LogP contribution in [0.15, 0.2) is 23.4 Å². The van der Waals surface area contributed by atoms with Gasteiger partial charge in [-0.05, 0) is 49.8 Å². The molecule has 1 aromatic heterocycles. The molecule has 0 saturated carbocycles. The molecular weight excluding hydrogens is 272 g/mol. The molecule has 0 atom stereocenters. The van der Waals surface area contributed by atoms with Crippen molar-refractivity contribution in [1.82, 2.24) is 14.9 Å². The second kappa shape index (κ2) is 6.09. The summed E-state index contributed by atoms with van der Waals surface area (Å²) < 4.78 is 1.63. The fourth-order valence-corrected chi connectivity index (χ4v) is 2.41. The molecule has 0 spiro atoms. The Labute approximate surface area is 122 Å². The standard InChI is InChI=1S/C14H18N4OS/c1-5-20-14-16-15-11(4)18(14)17-13(19)12-7-6-9(2)10(3)8-12/h6-8H,5H2,1-4H3,(H,17,19). The Kier molecular flexibility index (Phi) is 4.44. The highest BCUT2D eigenvalue weighted by molar-refractivity contribution is 7.99. The van der Waals surface area contributed by atoms with Crippen LogP contribution in [0.3, 0.4) is 0 Å². The minimum atomic E-state index is -0.158. The van der Waals surface area contributed by atoms with Crippen molar-refractivity contribution < 1.29 is 4.79 Å². The molecule has 1 aromatic carbocycles. The fourth-order valence-electron chi connectivity index (χ4n) is 1.74. The van der Waals surface area contributed by atoms with Gasteiger partial charge in [-0.25, -0.2) is 4.68 Å². The predicted octanol–water partition coefficient (Wildman–Crippen LogP) is 2.70. The number of amides is 1. The van der Waals surface area contributed by atoms with Crippen molar-refractivity contribution in [2.45, 2.75) is 32.9 Å². The van der Waals surface area contributed by atoms with Crippen LogP contribution in [-0.2, 0) is 0 Å². The summed E-state index contributed by atoms with van der Waals surface area (Å²) in [6.45, 7) is 7.86. The maximum atomic E-state index is 12.3. The Bertz CT molecular complexity index is 636. The van der Waals surface area contributed by atoms with Crippen LogP contribution in [0.1, 0.15) is 34.2 Å². The van der Waals surface area contributed by atoms with Gasteiger partial charge in [-0.3, -0.25) is 10.2 Å². The predicted molar refractivity (Wildman–Crippen MR) is 80.8 cm³/mol. The molecule has 0 saturated heterocycles. The summed E-state index contributed by atoms with van der Waals surface area (Å²) in [6, 6.07) is 5.66. The van der Waals surface area contributed by atoms with Gasteiger partial charge < -0.3 is 0 Å². The lowest BCUT2D eigenvalue weighted by molar-refractivity contribution is 0.100. The Morgan fingerprint density at radius 3 is 2.65 bits per heavy atom. The highest BCUT2D eigenvalue weighted by Crippen LogP contribution is 2.15. The number of carbonyl (C=O) groups excluding carboxylic acids is 1. The average molecular weight is 290 g/mol. The number of thioether (sulfide) groups is 1. The Balaban J connectivity index is 2.23. The first-order valence-corrected chi connectivity index (χ1v) is 7.45. The van der Waals surface area contributed by atoms with Crippen LogP contribution in [0.5, 0.6) is 0 Å². The highest BCUT2D eigenvalue weighted by atomic mass is 32.2. The molecule has 6 heteroatoms. The van der Waals surface area contributed by atoms with Crippen molar-refractivity contribution in [3.05, 3.63) is 40.7 Å². The molecule has 106 valence electrons. The average Bonchev–Trinajstić information content (AvgIpc) is 2.75. The molecule has 0 radical (unpaired) electrons. The van der Waals surface area contributed by atoms with Gasteiger partial charge in [-0.1, -0.05) is 24.8 Å². The largest absolute Gasteiger partial charge is 0.270 e. The first kappa shape index (κ1) is 14.6. The summed E-state index contributed by atoms with van der Waals surface area (Å²) in [4.78, 5) is 12.3. The molecule has 1 N–H and O–H groups in total. The molecule has 0 aliphatic rings. The number of rotatable bonds is 4. The van der Waals surface area contributed by atoms with E-state index in [1.165, 1.54) is 5.56 Å². The second-order valence-corrected chi connectivity index (χ2v) is 5.77. The molecule has 0 aliphatic heterocycles. The van der Waals surface area contributed by atoms with Gasteiger partial charge >= 0.3 is 0 Å². The maximum Gasteiger partial charge on any atom is 0.270 e. The Morgan fingerprint density at radius 2 is 2.00 bits per heavy atom. The lowest BCUT2D eigenvalue weighted by atomic mass is 10.1. The van der Waals surface area contributed by atoms with Crippen LogP contribution in [0, 0.1) is 20.8 Å². The van der Waals surface area contributed by atoms with E-state index in [0.29, 0.717) is 16.5 Å². The molecule has 20 heavy (non-hydrogen) atoms. The van der Waals surface area contributed by atoms with E-state index in [0.717, 1.165) is 11.3 Å². The van der Waals surface area contributed by atoms with Gasteiger partial charge in [0.15, 0.2) is 0 Å². The first-order valence-electron chi connectivity index (χ1n) is 6.46. The first-order chi connectivity index (χ1) is 9.52. The quantitative estimate of drug-likeness (QED) is 0.880. The lowest BCUT2D eigenvalue weighted by Gasteiger charge is -2.10. The van der Waals surface area contributed by atoms with Gasteiger partial charge in [-0.2, -0.15) is 0 Å². The number of nitrogens with zero attached hydrogens (tertiary/aromatic N) is 3. The van der Waals surface area contributed by atoms with Gasteiger partial charge in [0.2, 0.25) is 5.16 Å². The summed E-state index contributed by atoms with van der Waals surface area (Å²) in [6.07, 6.45) is 0. The SMILES string of the molecule is CCSc1nnc(C)n1NC(=O)c1ccc(C)c(C)c1. The molecule has 0 aliphatic carbocycles. The monoisotopic (exact) mass is 290 g/mol. The van der Waals surface area contributed by atoms with Crippen molar-refractivity contribution in [2.75, 3.05) is 11.2 Å². The molecular formula is C14H18N4OS. The van der Waals surface area contributed by atoms with Crippen LogP contribution in [0.2, 0.25) is 0 Å². The van der Waals surface area contributed by atoms with E-state index >= 15 is 0 Å². The maximum absolute atomic E-state index is 12.3. The number of hydrogen-bond acceptors (Lipinski definition) is 4. The van der Waals surface area contributed by atoms with Gasteiger partial charge in [0, 0.05) is 5.56 Å². The molecule has 1 amide bonds. The van der Waals surface area contributed by atoms with Crippen LogP contribution < -0.4 is 5.43 Å². The third-order valence-corrected chi connectivity index (χ3v) is 3.86. The minimum absolute atomic E-state index is 0.158. The summed E-state index contributed by atoms with van der Waals surface area (Å²) in [5, 5.41) is 8.73. The molecule has 0 fully saturated rings. The third kappa shape index (κ3) is 3.01. The van der Waals surface area contributed by atoms with Gasteiger partial charge in [0.05, 0.1) is 0 Å². The van der Waals surface area contributed by atoms with Crippen molar-refractivity contribution in [2.24, 2.45) is 0 Å². The summed E-state index contributed by atoms with van der Waals surface area (Å²) in [7, 11) is 0. The van der Waals surface area contributed by atoms with Crippen molar-refractivity contribution >= 4 is 17.7 Å². The van der Waals surface area contributed by atoms with Crippen LogP contribution in [-0.4, -0.2) is 26.5 Å². The van der Waals surface area contributed by atoms with E-state index in [-0.39, 0.29) is 5.91 Å². The lowest BCUT2D eigenvalue weighted by Crippen LogP contribution is -2.24. The minimum Gasteiger partial charge on any atom is -0.267 e. The van der Waals surface area contributed by atoms with Gasteiger partial charge in [-0.15, -0.1) is 10.2 Å². The summed E-state index contributed by atoms with van der Waals surface area (Å²) >= 11 is 1.54. The Morgan fingerprint density at radius 1 is 1.25 bits per heavy atom. The molecule has 1 heterocycles. The van der Waals surface area contributed by atoms with Gasteiger partial charge in [0.25, 0.3) is 5.91 Å². The van der Waals surface area contributed by atoms with E-state index in [4.69, 9.17) is 0 Å². The fraction of sp³-hybridized carbons (Fsp3) is 0.357. The third-order valence-electron chi connectivity index (χ3n) is 3.05. The molecule has 0 unspecified atom stereocenters. The van der Waals surface area contributed by atoms with Crippen LogP contribution in [0.4, 0.5) is 0 Å². The number of nitrogens with one attached hydrogen (secondary N) is 1. The van der Waals surface area contributed by atoms with E-state index in [2.05, 4.69) is 15.6 Å². The zero-order chi connectivity index (χ0) is 14.7. The van der Waals surface area contributed by atoms with E-state index < -0.39 is 0 Å². The molecule has 0 bridgehead atoms. The zero-order valence-electron chi connectivity index (χ0n) is 12.1. The van der Waals surface area contributed by atoms with Crippen molar-refractivity contribution in [3.63, 3.8) is 0 Å². The van der Waals surface area contributed by atoms with Crippen molar-refractivity contribution in [3.8, 4) is 0 Å². The normalized spacial score (nSPS) is 10.6. The number of benzene rings is 1. The number of aryl methyl sites for hydroxylation is 3. The summed E-state index contributed by atoms with van der Waals surface area (Å²) in [5.41, 5.74) is 5.74.